The topological polar surface area (TPSA) is 111 Å². The summed E-state index contributed by atoms with van der Waals surface area (Å²) < 4.78 is 17.0. The molecule has 0 atom stereocenters. The van der Waals surface area contributed by atoms with Crippen molar-refractivity contribution in [2.24, 2.45) is 11.8 Å². The number of pyridine rings is 2. The maximum absolute atomic E-state index is 14.3. The van der Waals surface area contributed by atoms with Crippen molar-refractivity contribution >= 4 is 17.8 Å². The number of aromatic nitrogens is 3. The molecule has 10 nitrogen and oxygen atoms in total. The van der Waals surface area contributed by atoms with Gasteiger partial charge >= 0.3 is 6.09 Å². The number of hydrogen-bond donors (Lipinski definition) is 0. The Morgan fingerprint density at radius 3 is 2.39 bits per heavy atom. The number of methoxy groups -OCH3 is 1. The summed E-state index contributed by atoms with van der Waals surface area (Å²) in [6, 6.07) is 8.04. The van der Waals surface area contributed by atoms with Crippen LogP contribution in [-0.2, 0) is 9.53 Å². The van der Waals surface area contributed by atoms with Gasteiger partial charge in [0.1, 0.15) is 29.6 Å². The zero-order chi connectivity index (χ0) is 31.6. The van der Waals surface area contributed by atoms with E-state index in [0.717, 1.165) is 92.3 Å². The third kappa shape index (κ3) is 6.76. The Morgan fingerprint density at radius 2 is 1.72 bits per heavy atom. The first-order valence-corrected chi connectivity index (χ1v) is 17.2. The first kappa shape index (κ1) is 30.7. The van der Waals surface area contributed by atoms with Gasteiger partial charge in [0.05, 0.1) is 12.8 Å². The van der Waals surface area contributed by atoms with Gasteiger partial charge in [-0.05, 0) is 108 Å². The molecule has 0 unspecified atom stereocenters. The number of ether oxygens (including phenoxy) is 2. The fourth-order valence-corrected chi connectivity index (χ4v) is 7.23. The average Bonchev–Trinajstić information content (AvgIpc) is 3.79. The Hall–Kier alpha value is -3.95. The first-order chi connectivity index (χ1) is 22.4. The van der Waals surface area contributed by atoms with Gasteiger partial charge in [0.25, 0.3) is 0 Å². The monoisotopic (exact) mass is 627 g/mol. The van der Waals surface area contributed by atoms with Crippen LogP contribution in [0.4, 0.5) is 10.6 Å². The van der Waals surface area contributed by atoms with Gasteiger partial charge in [0.15, 0.2) is 5.89 Å². The van der Waals surface area contributed by atoms with Crippen LogP contribution in [0.1, 0.15) is 99.7 Å². The molecule has 10 heteroatoms. The van der Waals surface area contributed by atoms with E-state index in [9.17, 15) is 9.59 Å². The summed E-state index contributed by atoms with van der Waals surface area (Å²) in [5, 5.41) is 0. The number of carbonyl (C=O) groups excluding carboxylic acids is 2. The number of hydrogen-bond acceptors (Lipinski definition) is 8. The predicted molar refractivity (Wildman–Crippen MR) is 173 cm³/mol. The van der Waals surface area contributed by atoms with E-state index in [1.807, 2.05) is 30.0 Å². The summed E-state index contributed by atoms with van der Waals surface area (Å²) >= 11 is 0. The van der Waals surface area contributed by atoms with Crippen molar-refractivity contribution in [3.8, 4) is 17.0 Å². The largest absolute Gasteiger partial charge is 0.495 e. The Balaban J connectivity index is 1.05. The summed E-state index contributed by atoms with van der Waals surface area (Å²) in [6.45, 7) is 4.19. The first-order valence-electron chi connectivity index (χ1n) is 17.2. The van der Waals surface area contributed by atoms with Crippen LogP contribution in [0, 0.1) is 18.8 Å². The molecule has 3 saturated carbocycles. The molecule has 46 heavy (non-hydrogen) atoms. The minimum atomic E-state index is -0.211. The zero-order valence-electron chi connectivity index (χ0n) is 27.0. The molecule has 0 spiro atoms. The molecule has 0 bridgehead atoms. The normalized spacial score (nSPS) is 24.6. The molecular weight excluding hydrogens is 582 g/mol. The molecule has 4 heterocycles. The molecule has 3 aromatic rings. The number of anilines is 1. The fourth-order valence-electron chi connectivity index (χ4n) is 7.23. The van der Waals surface area contributed by atoms with Crippen LogP contribution in [0.25, 0.3) is 11.3 Å². The van der Waals surface area contributed by atoms with Gasteiger partial charge in [-0.3, -0.25) is 14.7 Å². The molecule has 0 aromatic carbocycles. The highest BCUT2D eigenvalue weighted by Gasteiger charge is 2.35. The van der Waals surface area contributed by atoms with Crippen LogP contribution < -0.4 is 9.64 Å². The number of oxazole rings is 1. The molecule has 0 radical (unpaired) electrons. The minimum Gasteiger partial charge on any atom is -0.495 e. The number of aryl methyl sites for hydroxylation is 1. The van der Waals surface area contributed by atoms with Crippen molar-refractivity contribution < 1.29 is 23.5 Å². The van der Waals surface area contributed by atoms with E-state index in [1.54, 1.807) is 24.5 Å². The maximum atomic E-state index is 14.3. The predicted octanol–water partition coefficient (Wildman–Crippen LogP) is 7.03. The van der Waals surface area contributed by atoms with Crippen molar-refractivity contribution in [2.75, 3.05) is 31.6 Å². The van der Waals surface area contributed by atoms with Crippen LogP contribution in [0.5, 0.6) is 5.75 Å². The van der Waals surface area contributed by atoms with Gasteiger partial charge in [-0.15, -0.1) is 0 Å². The summed E-state index contributed by atoms with van der Waals surface area (Å²) in [5.41, 5.74) is 3.74. The summed E-state index contributed by atoms with van der Waals surface area (Å²) in [6.07, 6.45) is 13.4. The van der Waals surface area contributed by atoms with Crippen molar-refractivity contribution in [1.29, 1.82) is 0 Å². The second-order valence-corrected chi connectivity index (χ2v) is 13.6. The lowest BCUT2D eigenvalue weighted by Gasteiger charge is -2.36. The highest BCUT2D eigenvalue weighted by atomic mass is 16.6. The van der Waals surface area contributed by atoms with E-state index in [0.29, 0.717) is 55.8 Å². The molecular formula is C36H45N5O5. The summed E-state index contributed by atoms with van der Waals surface area (Å²) in [7, 11) is 1.68. The molecule has 3 aliphatic carbocycles. The van der Waals surface area contributed by atoms with Gasteiger partial charge in [0.2, 0.25) is 5.91 Å². The molecule has 2 amide bonds. The van der Waals surface area contributed by atoms with E-state index in [2.05, 4.69) is 6.07 Å². The van der Waals surface area contributed by atoms with Crippen LogP contribution in [0.2, 0.25) is 0 Å². The van der Waals surface area contributed by atoms with Crippen LogP contribution >= 0.6 is 0 Å². The lowest BCUT2D eigenvalue weighted by atomic mass is 9.79. The van der Waals surface area contributed by atoms with E-state index in [4.69, 9.17) is 28.8 Å². The van der Waals surface area contributed by atoms with Crippen LogP contribution in [0.3, 0.4) is 0 Å². The number of amides is 2. The highest BCUT2D eigenvalue weighted by molar-refractivity contribution is 5.94. The number of carbonyl (C=O) groups is 2. The minimum absolute atomic E-state index is 0.116. The zero-order valence-corrected chi connectivity index (χ0v) is 27.0. The van der Waals surface area contributed by atoms with Crippen LogP contribution in [0.15, 0.2) is 41.1 Å². The van der Waals surface area contributed by atoms with E-state index in [1.165, 1.54) is 0 Å². The molecule has 1 saturated heterocycles. The van der Waals surface area contributed by atoms with Crippen molar-refractivity contribution in [3.63, 3.8) is 0 Å². The Labute approximate surface area is 270 Å². The number of likely N-dealkylation sites (tertiary alicyclic amines) is 1. The quantitative estimate of drug-likeness (QED) is 0.249. The summed E-state index contributed by atoms with van der Waals surface area (Å²) in [5.74, 6) is 3.48. The molecule has 244 valence electrons. The Kier molecular flexibility index (Phi) is 8.95. The van der Waals surface area contributed by atoms with Gasteiger partial charge in [0, 0.05) is 54.8 Å². The van der Waals surface area contributed by atoms with Gasteiger partial charge in [-0.25, -0.2) is 14.8 Å². The standard InChI is InChI=1S/C36H45N5O5/c1-23-32(44-2)15-14-30(38-23)25-6-4-24(5-7-25)21-41(33-20-28(16-17-37-33)31-22-45-34(39-31)26-8-9-26)35(42)27-10-12-29(13-11-27)46-36(43)40-18-3-19-40/h14-17,20,22,24-27,29H,3-13,18-19,21H2,1-2H3/t24-,25-,27-,29-. The Morgan fingerprint density at radius 1 is 0.957 bits per heavy atom. The molecule has 0 N–H and O–H groups in total. The van der Waals surface area contributed by atoms with E-state index < -0.39 is 0 Å². The molecule has 7 rings (SSSR count). The van der Waals surface area contributed by atoms with Gasteiger partial charge in [-0.2, -0.15) is 0 Å². The highest BCUT2D eigenvalue weighted by Crippen LogP contribution is 2.41. The van der Waals surface area contributed by atoms with Gasteiger partial charge < -0.3 is 18.8 Å². The second kappa shape index (κ2) is 13.4. The van der Waals surface area contributed by atoms with Crippen molar-refractivity contribution in [2.45, 2.75) is 95.5 Å². The van der Waals surface area contributed by atoms with Gasteiger partial charge in [-0.1, -0.05) is 0 Å². The molecule has 3 aromatic heterocycles. The van der Waals surface area contributed by atoms with E-state index in [-0.39, 0.29) is 24.0 Å². The smallest absolute Gasteiger partial charge is 0.410 e. The van der Waals surface area contributed by atoms with E-state index >= 15 is 0 Å². The second-order valence-electron chi connectivity index (χ2n) is 13.6. The fraction of sp³-hybridized carbons (Fsp3) is 0.583. The van der Waals surface area contributed by atoms with Crippen molar-refractivity contribution in [1.82, 2.24) is 19.9 Å². The lowest BCUT2D eigenvalue weighted by molar-refractivity contribution is -0.124. The third-order valence-electron chi connectivity index (χ3n) is 10.4. The van der Waals surface area contributed by atoms with Crippen molar-refractivity contribution in [3.05, 3.63) is 54.0 Å². The maximum Gasteiger partial charge on any atom is 0.410 e. The SMILES string of the molecule is COc1ccc([C@H]2CC[C@H](CN(c3cc(-c4coc(C5CC5)n4)ccn3)C(=O)[C@H]3CC[C@H](OC(=O)N4CCC4)CC3)CC2)nc1C. The third-order valence-corrected chi connectivity index (χ3v) is 10.4. The molecule has 4 aliphatic rings. The molecule has 1 aliphatic heterocycles. The number of nitrogens with zero attached hydrogens (tertiary/aromatic N) is 5. The Bertz CT molecular complexity index is 1530. The average molecular weight is 628 g/mol. The number of rotatable bonds is 9. The summed E-state index contributed by atoms with van der Waals surface area (Å²) in [4.78, 5) is 44.7. The molecule has 4 fully saturated rings. The lowest BCUT2D eigenvalue weighted by Crippen LogP contribution is -2.45. The van der Waals surface area contributed by atoms with Crippen LogP contribution in [-0.4, -0.2) is 64.7 Å².